The van der Waals surface area contributed by atoms with Gasteiger partial charge < -0.3 is 14.6 Å². The van der Waals surface area contributed by atoms with E-state index in [-0.39, 0.29) is 11.1 Å². The van der Waals surface area contributed by atoms with Gasteiger partial charge in [-0.05, 0) is 44.7 Å². The molecule has 1 fully saturated rings. The second kappa shape index (κ2) is 5.71. The highest BCUT2D eigenvalue weighted by atomic mass is 16.4. The van der Waals surface area contributed by atoms with Crippen LogP contribution >= 0.6 is 0 Å². The standard InChI is InChI=1S/C15H20N2O4/c1-9-8-11(13(18)16(3)10(9)2)14(19)17-7-5-4-6-12(17)15(20)21/h8,12H,4-7H2,1-3H3,(H,20,21)/t12-/m0/s1. The normalized spacial score (nSPS) is 18.6. The average molecular weight is 292 g/mol. The molecule has 0 radical (unpaired) electrons. The molecule has 2 rings (SSSR count). The Bertz CT molecular complexity index is 648. The second-order valence-corrected chi connectivity index (χ2v) is 5.54. The first-order valence-corrected chi connectivity index (χ1v) is 7.05. The molecule has 114 valence electrons. The molecule has 0 unspecified atom stereocenters. The Morgan fingerprint density at radius 2 is 1.95 bits per heavy atom. The van der Waals surface area contributed by atoms with Crippen LogP contribution in [0.3, 0.4) is 0 Å². The van der Waals surface area contributed by atoms with E-state index in [0.29, 0.717) is 13.0 Å². The number of piperidine rings is 1. The van der Waals surface area contributed by atoms with Crippen LogP contribution in [-0.2, 0) is 11.8 Å². The Labute approximate surface area is 123 Å². The molecule has 1 aromatic rings. The van der Waals surface area contributed by atoms with Gasteiger partial charge in [0.15, 0.2) is 0 Å². The maximum Gasteiger partial charge on any atom is 0.326 e. The summed E-state index contributed by atoms with van der Waals surface area (Å²) in [6.07, 6.45) is 1.98. The number of nitrogens with zero attached hydrogens (tertiary/aromatic N) is 2. The van der Waals surface area contributed by atoms with Crippen LogP contribution in [-0.4, -0.2) is 39.0 Å². The zero-order valence-electron chi connectivity index (χ0n) is 12.5. The van der Waals surface area contributed by atoms with E-state index in [9.17, 15) is 19.5 Å². The maximum atomic E-state index is 12.6. The Morgan fingerprint density at radius 1 is 1.29 bits per heavy atom. The van der Waals surface area contributed by atoms with Gasteiger partial charge in [-0.25, -0.2) is 4.79 Å². The molecule has 1 aliphatic rings. The highest BCUT2D eigenvalue weighted by Gasteiger charge is 2.33. The van der Waals surface area contributed by atoms with Crippen molar-refractivity contribution in [1.29, 1.82) is 0 Å². The number of amides is 1. The van der Waals surface area contributed by atoms with E-state index in [1.807, 2.05) is 13.8 Å². The van der Waals surface area contributed by atoms with Gasteiger partial charge in [-0.1, -0.05) is 0 Å². The summed E-state index contributed by atoms with van der Waals surface area (Å²) < 4.78 is 1.43. The number of likely N-dealkylation sites (tertiary alicyclic amines) is 1. The van der Waals surface area contributed by atoms with Gasteiger partial charge >= 0.3 is 5.97 Å². The second-order valence-electron chi connectivity index (χ2n) is 5.54. The van der Waals surface area contributed by atoms with Gasteiger partial charge in [-0.15, -0.1) is 0 Å². The zero-order valence-corrected chi connectivity index (χ0v) is 12.5. The minimum Gasteiger partial charge on any atom is -0.480 e. The lowest BCUT2D eigenvalue weighted by Gasteiger charge is -2.33. The molecule has 1 aromatic heterocycles. The summed E-state index contributed by atoms with van der Waals surface area (Å²) >= 11 is 0. The molecule has 0 aliphatic carbocycles. The Kier molecular flexibility index (Phi) is 4.16. The summed E-state index contributed by atoms with van der Waals surface area (Å²) in [6.45, 7) is 4.02. The SMILES string of the molecule is Cc1cc(C(=O)N2CCCC[C@H]2C(=O)O)c(=O)n(C)c1C. The number of carboxylic acid groups (broad SMARTS) is 1. The third kappa shape index (κ3) is 2.70. The number of aromatic nitrogens is 1. The Morgan fingerprint density at radius 3 is 2.57 bits per heavy atom. The largest absolute Gasteiger partial charge is 0.480 e. The fourth-order valence-electron chi connectivity index (χ4n) is 2.72. The Balaban J connectivity index is 2.44. The summed E-state index contributed by atoms with van der Waals surface area (Å²) in [7, 11) is 1.62. The molecule has 1 aliphatic heterocycles. The summed E-state index contributed by atoms with van der Waals surface area (Å²) in [5, 5.41) is 9.25. The molecule has 0 bridgehead atoms. The van der Waals surface area contributed by atoms with Crippen molar-refractivity contribution in [3.63, 3.8) is 0 Å². The molecule has 1 saturated heterocycles. The number of pyridine rings is 1. The van der Waals surface area contributed by atoms with Crippen molar-refractivity contribution < 1.29 is 14.7 Å². The van der Waals surface area contributed by atoms with E-state index in [4.69, 9.17) is 0 Å². The first-order valence-electron chi connectivity index (χ1n) is 7.05. The summed E-state index contributed by atoms with van der Waals surface area (Å²) in [6, 6.07) is 0.727. The first kappa shape index (κ1) is 15.3. The minimum atomic E-state index is -1.01. The number of carboxylic acids is 1. The summed E-state index contributed by atoms with van der Waals surface area (Å²) in [5.74, 6) is -1.49. The predicted molar refractivity (Wildman–Crippen MR) is 77.5 cm³/mol. The number of carbonyl (C=O) groups excluding carboxylic acids is 1. The van der Waals surface area contributed by atoms with Crippen molar-refractivity contribution in [3.8, 4) is 0 Å². The third-order valence-corrected chi connectivity index (χ3v) is 4.25. The molecule has 0 aromatic carbocycles. The van der Waals surface area contributed by atoms with Gasteiger partial charge in [0.1, 0.15) is 11.6 Å². The number of carbonyl (C=O) groups is 2. The molecule has 1 atom stereocenters. The topological polar surface area (TPSA) is 79.6 Å². The van der Waals surface area contributed by atoms with Crippen molar-refractivity contribution in [2.75, 3.05) is 6.54 Å². The van der Waals surface area contributed by atoms with E-state index >= 15 is 0 Å². The molecule has 2 heterocycles. The number of hydrogen-bond acceptors (Lipinski definition) is 3. The van der Waals surface area contributed by atoms with Crippen LogP contribution in [0.15, 0.2) is 10.9 Å². The number of aryl methyl sites for hydroxylation is 1. The smallest absolute Gasteiger partial charge is 0.326 e. The molecule has 1 amide bonds. The predicted octanol–water partition coefficient (Wildman–Crippen LogP) is 1.08. The molecule has 0 saturated carbocycles. The molecular formula is C15H20N2O4. The fraction of sp³-hybridized carbons (Fsp3) is 0.533. The van der Waals surface area contributed by atoms with Crippen LogP contribution in [0.5, 0.6) is 0 Å². The Hall–Kier alpha value is -2.11. The zero-order chi connectivity index (χ0) is 15.7. The lowest BCUT2D eigenvalue weighted by Crippen LogP contribution is -2.49. The highest BCUT2D eigenvalue weighted by Crippen LogP contribution is 2.19. The van der Waals surface area contributed by atoms with Crippen LogP contribution in [0.4, 0.5) is 0 Å². The van der Waals surface area contributed by atoms with E-state index in [2.05, 4.69) is 0 Å². The highest BCUT2D eigenvalue weighted by molar-refractivity contribution is 5.96. The quantitative estimate of drug-likeness (QED) is 0.884. The lowest BCUT2D eigenvalue weighted by molar-refractivity contribution is -0.143. The van der Waals surface area contributed by atoms with Gasteiger partial charge in [0, 0.05) is 19.3 Å². The monoisotopic (exact) mass is 292 g/mol. The van der Waals surface area contributed by atoms with Gasteiger partial charge in [-0.3, -0.25) is 9.59 Å². The van der Waals surface area contributed by atoms with E-state index < -0.39 is 17.9 Å². The summed E-state index contributed by atoms with van der Waals surface area (Å²) in [4.78, 5) is 37.5. The van der Waals surface area contributed by atoms with E-state index in [0.717, 1.165) is 24.1 Å². The summed E-state index contributed by atoms with van der Waals surface area (Å²) in [5.41, 5.74) is 1.31. The molecular weight excluding hydrogens is 272 g/mol. The average Bonchev–Trinajstić information content (AvgIpc) is 2.48. The maximum absolute atomic E-state index is 12.6. The van der Waals surface area contributed by atoms with E-state index in [1.54, 1.807) is 13.1 Å². The van der Waals surface area contributed by atoms with Crippen molar-refractivity contribution in [3.05, 3.63) is 33.2 Å². The van der Waals surface area contributed by atoms with Gasteiger partial charge in [-0.2, -0.15) is 0 Å². The molecule has 0 spiro atoms. The first-order chi connectivity index (χ1) is 9.84. The number of hydrogen-bond donors (Lipinski definition) is 1. The number of aliphatic carboxylic acids is 1. The van der Waals surface area contributed by atoms with Crippen LogP contribution in [0.2, 0.25) is 0 Å². The molecule has 6 nitrogen and oxygen atoms in total. The van der Waals surface area contributed by atoms with Crippen LogP contribution in [0, 0.1) is 13.8 Å². The van der Waals surface area contributed by atoms with Gasteiger partial charge in [0.2, 0.25) is 0 Å². The van der Waals surface area contributed by atoms with Crippen molar-refractivity contribution in [2.24, 2.45) is 7.05 Å². The molecule has 21 heavy (non-hydrogen) atoms. The lowest BCUT2D eigenvalue weighted by atomic mass is 10.0. The molecule has 1 N–H and O–H groups in total. The number of rotatable bonds is 2. The third-order valence-electron chi connectivity index (χ3n) is 4.25. The van der Waals surface area contributed by atoms with Crippen molar-refractivity contribution >= 4 is 11.9 Å². The minimum absolute atomic E-state index is 0.0498. The van der Waals surface area contributed by atoms with Crippen molar-refractivity contribution in [2.45, 2.75) is 39.2 Å². The van der Waals surface area contributed by atoms with Crippen molar-refractivity contribution in [1.82, 2.24) is 9.47 Å². The van der Waals surface area contributed by atoms with Crippen LogP contribution in [0.1, 0.15) is 40.9 Å². The van der Waals surface area contributed by atoms with Gasteiger partial charge in [0.05, 0.1) is 0 Å². The van der Waals surface area contributed by atoms with Gasteiger partial charge in [0.25, 0.3) is 11.5 Å². The van der Waals surface area contributed by atoms with Crippen LogP contribution in [0.25, 0.3) is 0 Å². The van der Waals surface area contributed by atoms with E-state index in [1.165, 1.54) is 9.47 Å². The van der Waals surface area contributed by atoms with Crippen LogP contribution < -0.4 is 5.56 Å². The fourth-order valence-corrected chi connectivity index (χ4v) is 2.72. The molecule has 6 heteroatoms.